The Morgan fingerprint density at radius 3 is 0.693 bits per heavy atom. The van der Waals surface area contributed by atoms with Crippen LogP contribution in [-0.2, 0) is 0 Å². The molecular formula is C66H39N3O6. The van der Waals surface area contributed by atoms with E-state index in [9.17, 15) is 14.4 Å². The van der Waals surface area contributed by atoms with Crippen LogP contribution in [0.5, 0.6) is 0 Å². The lowest BCUT2D eigenvalue weighted by Gasteiger charge is -2.06. The smallest absolute Gasteiger partial charge is 0.343 e. The number of hydrogen-bond donors (Lipinski definition) is 0. The van der Waals surface area contributed by atoms with Gasteiger partial charge >= 0.3 is 16.9 Å². The van der Waals surface area contributed by atoms with Gasteiger partial charge in [-0.2, -0.15) is 0 Å². The van der Waals surface area contributed by atoms with Crippen LogP contribution in [0.4, 0.5) is 0 Å². The van der Waals surface area contributed by atoms with E-state index in [4.69, 9.17) is 28.2 Å². The highest BCUT2D eigenvalue weighted by Gasteiger charge is 2.07. The molecule has 0 saturated heterocycles. The van der Waals surface area contributed by atoms with Crippen molar-refractivity contribution in [2.75, 3.05) is 0 Å². The maximum atomic E-state index is 13.9. The van der Waals surface area contributed by atoms with Crippen LogP contribution in [0.1, 0.15) is 0 Å². The van der Waals surface area contributed by atoms with Gasteiger partial charge in [0.05, 0.1) is 32.7 Å². The minimum absolute atomic E-state index is 0.0692. The molecule has 0 spiro atoms. The molecule has 18 bridgehead atoms. The molecular weight excluding hydrogens is 931 g/mol. The first kappa shape index (κ1) is 44.6. The van der Waals surface area contributed by atoms with E-state index in [2.05, 4.69) is 91.0 Å². The Morgan fingerprint density at radius 2 is 0.453 bits per heavy atom. The van der Waals surface area contributed by atoms with Crippen molar-refractivity contribution in [3.05, 3.63) is 268 Å². The van der Waals surface area contributed by atoms with Gasteiger partial charge in [0.15, 0.2) is 0 Å². The van der Waals surface area contributed by atoms with Crippen molar-refractivity contribution in [1.29, 1.82) is 0 Å². The highest BCUT2D eigenvalue weighted by atomic mass is 16.4. The Morgan fingerprint density at radius 1 is 0.227 bits per heavy atom. The third-order valence-electron chi connectivity index (χ3n) is 13.6. The van der Waals surface area contributed by atoms with E-state index in [1.54, 1.807) is 36.4 Å². The average molecular weight is 970 g/mol. The summed E-state index contributed by atoms with van der Waals surface area (Å²) in [6.45, 7) is 0. The van der Waals surface area contributed by atoms with Gasteiger partial charge in [-0.1, -0.05) is 91.0 Å². The molecule has 32 aromatic rings. The van der Waals surface area contributed by atoms with E-state index in [-0.39, 0.29) is 32.9 Å². The van der Waals surface area contributed by atoms with E-state index < -0.39 is 16.9 Å². The zero-order valence-electron chi connectivity index (χ0n) is 39.8. The molecule has 0 amide bonds. The Hall–Kier alpha value is -10.4. The van der Waals surface area contributed by atoms with Gasteiger partial charge < -0.3 is 13.3 Å². The van der Waals surface area contributed by atoms with Crippen molar-refractivity contribution >= 4 is 130 Å². The number of benzene rings is 8. The van der Waals surface area contributed by atoms with Crippen molar-refractivity contribution in [1.82, 2.24) is 15.0 Å². The van der Waals surface area contributed by atoms with Gasteiger partial charge in [0.2, 0.25) is 0 Å². The minimum Gasteiger partial charge on any atom is -0.423 e. The predicted molar refractivity (Wildman–Crippen MR) is 305 cm³/mol. The summed E-state index contributed by atoms with van der Waals surface area (Å²) in [6.07, 6.45) is 5.64. The van der Waals surface area contributed by atoms with Gasteiger partial charge in [-0.15, -0.1) is 0 Å². The summed E-state index contributed by atoms with van der Waals surface area (Å²) in [7, 11) is 0. The molecule has 0 fully saturated rings. The molecule has 0 saturated carbocycles. The van der Waals surface area contributed by atoms with Crippen LogP contribution in [0.25, 0.3) is 130 Å². The molecule has 24 heterocycles. The minimum atomic E-state index is -0.803. The lowest BCUT2D eigenvalue weighted by molar-refractivity contribution is 0.565. The van der Waals surface area contributed by atoms with E-state index >= 15 is 0 Å². The van der Waals surface area contributed by atoms with Crippen LogP contribution in [-0.4, -0.2) is 15.0 Å². The maximum Gasteiger partial charge on any atom is 0.343 e. The van der Waals surface area contributed by atoms with Crippen LogP contribution in [0.2, 0.25) is 0 Å². The highest BCUT2D eigenvalue weighted by molar-refractivity contribution is 6.15. The second-order valence-electron chi connectivity index (χ2n) is 18.3. The van der Waals surface area contributed by atoms with Gasteiger partial charge in [0, 0.05) is 50.9 Å². The van der Waals surface area contributed by atoms with E-state index in [0.717, 1.165) is 97.3 Å². The van der Waals surface area contributed by atoms with Crippen molar-refractivity contribution in [2.24, 2.45) is 0 Å². The predicted octanol–water partition coefficient (Wildman–Crippen LogP) is 15.6. The SMILES string of the molecule is O=c1oc2ccc(cc2)c2ccc(cn2)c2ccccc2c2cc3cc(c2)c2ccccc2c2ccc(nc2)c2ccc(cc2)oc(=O)c2cc1cc(c2)c(=O)oc1ccc(cc1)c1ccc(cn1)c1ccccc31. The molecule has 354 valence electrons. The molecule has 24 aromatic heterocycles. The van der Waals surface area contributed by atoms with Crippen molar-refractivity contribution < 1.29 is 13.3 Å². The van der Waals surface area contributed by atoms with Gasteiger partial charge in [-0.05, 0) is 176 Å². The number of aromatic nitrogens is 3. The zero-order chi connectivity index (χ0) is 50.4. The normalized spacial score (nSPS) is 11.4. The highest BCUT2D eigenvalue weighted by Crippen LogP contribution is 2.32. The molecule has 8 aromatic carbocycles. The van der Waals surface area contributed by atoms with Gasteiger partial charge in [-0.25, -0.2) is 14.4 Å². The topological polar surface area (TPSA) is 129 Å². The first-order chi connectivity index (χ1) is 36.8. The fourth-order valence-corrected chi connectivity index (χ4v) is 9.79. The van der Waals surface area contributed by atoms with Gasteiger partial charge in [0.1, 0.15) is 16.7 Å². The van der Waals surface area contributed by atoms with Crippen LogP contribution in [0, 0.1) is 0 Å². The Bertz CT molecular complexity index is 4460. The molecule has 32 rings (SSSR count). The van der Waals surface area contributed by atoms with Crippen molar-refractivity contribution in [3.63, 3.8) is 0 Å². The largest absolute Gasteiger partial charge is 0.423 e. The molecule has 75 heavy (non-hydrogen) atoms. The summed E-state index contributed by atoms with van der Waals surface area (Å²) in [5, 5.41) is 14.2. The van der Waals surface area contributed by atoms with Crippen LogP contribution in [0.15, 0.2) is 265 Å². The second kappa shape index (κ2) is 18.7. The molecule has 0 radical (unpaired) electrons. The van der Waals surface area contributed by atoms with E-state index in [0.29, 0.717) is 0 Å². The molecule has 0 aliphatic rings. The van der Waals surface area contributed by atoms with Gasteiger partial charge in [-0.3, -0.25) is 15.0 Å². The monoisotopic (exact) mass is 969 g/mol. The summed E-state index contributed by atoms with van der Waals surface area (Å²) in [5.74, 6) is 0. The summed E-state index contributed by atoms with van der Waals surface area (Å²) < 4.78 is 17.5. The first-order valence-corrected chi connectivity index (χ1v) is 24.3. The zero-order valence-corrected chi connectivity index (χ0v) is 39.8. The number of hydrogen-bond acceptors (Lipinski definition) is 9. The number of nitrogens with zero attached hydrogens (tertiary/aromatic N) is 3. The molecule has 0 atom stereocenters. The Balaban J connectivity index is 1.23. The third kappa shape index (κ3) is 8.70. The Labute approximate surface area is 424 Å². The molecule has 9 heteroatoms. The lowest BCUT2D eigenvalue weighted by Crippen LogP contribution is -2.03. The summed E-state index contributed by atoms with van der Waals surface area (Å²) in [6, 6.07) is 69.1. The molecule has 0 N–H and O–H groups in total. The standard InChI is InChI=1S/C66H39N3O6/c70-64-49-34-50-36-51(35-49)66(72)75-54-26-17-42(18-27-54)63-30-21-45(39-69-63)57-9-3-6-12-60(57)48-32-46(58-10-4-1-7-55(58)43-19-28-61(67-37-43)40-13-22-52(73-64)23-14-40)31-47(33-48)59-11-5-2-8-56(59)44-20-29-62(68-38-44)41-15-24-53(25-16-41)74-65(50)71/h1-39H. The van der Waals surface area contributed by atoms with Crippen molar-refractivity contribution in [2.45, 2.75) is 0 Å². The van der Waals surface area contributed by atoms with Crippen molar-refractivity contribution in [3.8, 4) is 0 Å². The Kier molecular flexibility index (Phi) is 11.1. The van der Waals surface area contributed by atoms with Crippen LogP contribution in [0.3, 0.4) is 0 Å². The molecule has 9 nitrogen and oxygen atoms in total. The van der Waals surface area contributed by atoms with Crippen LogP contribution < -0.4 is 16.9 Å². The lowest BCUT2D eigenvalue weighted by atomic mass is 9.98. The molecule has 0 unspecified atom stereocenters. The second-order valence-corrected chi connectivity index (χ2v) is 18.3. The van der Waals surface area contributed by atoms with Crippen LogP contribution >= 0.6 is 0 Å². The summed E-state index contributed by atoms with van der Waals surface area (Å²) >= 11 is 0. The van der Waals surface area contributed by atoms with E-state index in [1.165, 1.54) is 18.2 Å². The third-order valence-corrected chi connectivity index (χ3v) is 13.6. The first-order valence-electron chi connectivity index (χ1n) is 24.3. The van der Waals surface area contributed by atoms with Gasteiger partial charge in [0.25, 0.3) is 0 Å². The molecule has 0 aliphatic carbocycles. The fraction of sp³-hybridized carbons (Fsp3) is 0. The fourth-order valence-electron chi connectivity index (χ4n) is 9.79. The van der Waals surface area contributed by atoms with E-state index in [1.807, 2.05) is 91.4 Å². The molecule has 0 aliphatic heterocycles. The average Bonchev–Trinajstić information content (AvgIpc) is 3.47. The number of rotatable bonds is 0. The summed E-state index contributed by atoms with van der Waals surface area (Å²) in [4.78, 5) is 56.6. The maximum absolute atomic E-state index is 13.9. The summed E-state index contributed by atoms with van der Waals surface area (Å²) in [5.41, 5.74) is 0.466. The number of pyridine rings is 3. The quantitative estimate of drug-likeness (QED) is 0.146.